The van der Waals surface area contributed by atoms with Crippen molar-refractivity contribution in [1.29, 1.82) is 0 Å². The molecule has 302 valence electrons. The SMILES string of the molecule is C=C1C(=CC=C2CCC[C@]3(C)[C@@H](C(C)=CC[C@@H](O)C4(c5ccc(CCCC)cc5)CC4)CC[C@@H]23)C[C@@H](O[Si](C)(C)C(C)(C)C)C[C@@H]1O[Si](C)(C)C(C)(C)C. The molecule has 54 heavy (non-hydrogen) atoms. The van der Waals surface area contributed by atoms with Crippen molar-refractivity contribution in [2.75, 3.05) is 0 Å². The molecular weight excluding hydrogens is 693 g/mol. The van der Waals surface area contributed by atoms with Gasteiger partial charge in [-0.05, 0) is 153 Å². The molecule has 4 aliphatic rings. The zero-order chi connectivity index (χ0) is 39.9. The first-order chi connectivity index (χ1) is 25.0. The summed E-state index contributed by atoms with van der Waals surface area (Å²) in [6.07, 6.45) is 21.9. The van der Waals surface area contributed by atoms with Gasteiger partial charge in [-0.2, -0.15) is 0 Å². The number of rotatable bonds is 13. The molecule has 6 atom stereocenters. The van der Waals surface area contributed by atoms with Gasteiger partial charge in [-0.3, -0.25) is 0 Å². The molecule has 5 rings (SSSR count). The summed E-state index contributed by atoms with van der Waals surface area (Å²) in [5.74, 6) is 1.19. The van der Waals surface area contributed by atoms with Crippen LogP contribution in [0, 0.1) is 17.3 Å². The van der Waals surface area contributed by atoms with E-state index in [1.807, 2.05) is 0 Å². The van der Waals surface area contributed by atoms with E-state index in [0.29, 0.717) is 11.8 Å². The van der Waals surface area contributed by atoms with Crippen LogP contribution in [0.15, 0.2) is 71.4 Å². The van der Waals surface area contributed by atoms with Crippen LogP contribution in [-0.2, 0) is 20.7 Å². The predicted molar refractivity (Wildman–Crippen MR) is 237 cm³/mol. The highest BCUT2D eigenvalue weighted by molar-refractivity contribution is 6.74. The Morgan fingerprint density at radius 1 is 0.944 bits per heavy atom. The first-order valence-electron chi connectivity index (χ1n) is 21.9. The lowest BCUT2D eigenvalue weighted by molar-refractivity contribution is 0.0969. The van der Waals surface area contributed by atoms with Crippen LogP contribution in [0.4, 0.5) is 0 Å². The van der Waals surface area contributed by atoms with E-state index < -0.39 is 16.6 Å². The van der Waals surface area contributed by atoms with Crippen molar-refractivity contribution >= 4 is 16.6 Å². The number of hydrogen-bond acceptors (Lipinski definition) is 3. The molecule has 1 aromatic rings. The second-order valence-electron chi connectivity index (χ2n) is 21.5. The average Bonchev–Trinajstić information content (AvgIpc) is 3.81. The van der Waals surface area contributed by atoms with E-state index in [4.69, 9.17) is 15.4 Å². The Hall–Kier alpha value is -1.51. The van der Waals surface area contributed by atoms with Crippen molar-refractivity contribution in [3.63, 3.8) is 0 Å². The second-order valence-corrected chi connectivity index (χ2v) is 31.0. The standard InChI is InChI=1S/C49H80O3Si2/c1-15-16-18-37-21-25-40(26-22-37)49(31-32-49)45(50)29-20-35(2)42-27-28-43-38(19-17-30-48(42,43)10)23-24-39-33-41(51-53(11,12)46(4,5)6)34-44(36(39)3)52-54(13,14)47(7,8)9/h20-26,41-45,50H,3,15-19,27-34H2,1-2,4-14H3/t41-,42-,43+,44+,45-,48-/m1/s1. The molecule has 1 aromatic carbocycles. The molecule has 0 amide bonds. The summed E-state index contributed by atoms with van der Waals surface area (Å²) in [6.45, 7) is 35.5. The molecule has 5 heteroatoms. The Labute approximate surface area is 334 Å². The molecule has 0 saturated heterocycles. The highest BCUT2D eigenvalue weighted by Crippen LogP contribution is 2.60. The van der Waals surface area contributed by atoms with Gasteiger partial charge >= 0.3 is 0 Å². The van der Waals surface area contributed by atoms with Crippen molar-refractivity contribution < 1.29 is 14.0 Å². The van der Waals surface area contributed by atoms with Gasteiger partial charge in [0.25, 0.3) is 0 Å². The maximum Gasteiger partial charge on any atom is 0.192 e. The van der Waals surface area contributed by atoms with Gasteiger partial charge in [0.05, 0.1) is 18.3 Å². The maximum absolute atomic E-state index is 11.6. The van der Waals surface area contributed by atoms with Crippen molar-refractivity contribution in [1.82, 2.24) is 0 Å². The van der Waals surface area contributed by atoms with E-state index in [9.17, 15) is 5.11 Å². The fourth-order valence-corrected chi connectivity index (χ4v) is 12.4. The third-order valence-corrected chi connectivity index (χ3v) is 24.7. The zero-order valence-electron chi connectivity index (χ0n) is 37.1. The molecule has 0 unspecified atom stereocenters. The Morgan fingerprint density at radius 3 is 2.17 bits per heavy atom. The summed E-state index contributed by atoms with van der Waals surface area (Å²) in [7, 11) is -3.96. The van der Waals surface area contributed by atoms with Gasteiger partial charge in [-0.1, -0.05) is 122 Å². The number of aliphatic hydroxyl groups excluding tert-OH is 1. The fraction of sp³-hybridized carbons (Fsp3) is 0.714. The monoisotopic (exact) mass is 773 g/mol. The van der Waals surface area contributed by atoms with Gasteiger partial charge in [0, 0.05) is 11.8 Å². The molecule has 0 radical (unpaired) electrons. The third-order valence-electron chi connectivity index (χ3n) is 15.7. The Kier molecular flexibility index (Phi) is 13.2. The molecule has 3 nitrogen and oxygen atoms in total. The smallest absolute Gasteiger partial charge is 0.192 e. The van der Waals surface area contributed by atoms with Gasteiger partial charge in [0.2, 0.25) is 0 Å². The minimum Gasteiger partial charge on any atom is -0.413 e. The molecule has 1 N–H and O–H groups in total. The topological polar surface area (TPSA) is 38.7 Å². The molecule has 0 bridgehead atoms. The van der Waals surface area contributed by atoms with Crippen LogP contribution >= 0.6 is 0 Å². The predicted octanol–water partition coefficient (Wildman–Crippen LogP) is 14.0. The number of allylic oxidation sites excluding steroid dienone is 4. The van der Waals surface area contributed by atoms with Gasteiger partial charge in [0.1, 0.15) is 0 Å². The number of aryl methyl sites for hydroxylation is 1. The Morgan fingerprint density at radius 2 is 1.57 bits per heavy atom. The van der Waals surface area contributed by atoms with E-state index in [1.54, 1.807) is 5.57 Å². The number of aliphatic hydroxyl groups is 1. The molecule has 0 heterocycles. The quantitative estimate of drug-likeness (QED) is 0.160. The van der Waals surface area contributed by atoms with Crippen molar-refractivity contribution in [2.24, 2.45) is 17.3 Å². The lowest BCUT2D eigenvalue weighted by atomic mass is 9.62. The zero-order valence-corrected chi connectivity index (χ0v) is 39.1. The van der Waals surface area contributed by atoms with Crippen LogP contribution < -0.4 is 0 Å². The maximum atomic E-state index is 11.6. The molecule has 4 aliphatic carbocycles. The van der Waals surface area contributed by atoms with Crippen LogP contribution in [0.1, 0.15) is 150 Å². The van der Waals surface area contributed by atoms with Crippen LogP contribution in [0.3, 0.4) is 0 Å². The van der Waals surface area contributed by atoms with E-state index in [1.165, 1.54) is 72.8 Å². The summed E-state index contributed by atoms with van der Waals surface area (Å²) < 4.78 is 14.3. The van der Waals surface area contributed by atoms with E-state index >= 15 is 0 Å². The number of fused-ring (bicyclic) bond motifs is 1. The van der Waals surface area contributed by atoms with E-state index in [0.717, 1.165) is 38.5 Å². The van der Waals surface area contributed by atoms with Gasteiger partial charge < -0.3 is 14.0 Å². The summed E-state index contributed by atoms with van der Waals surface area (Å²) in [5.41, 5.74) is 8.61. The molecule has 4 fully saturated rings. The molecule has 0 aliphatic heterocycles. The van der Waals surface area contributed by atoms with Gasteiger partial charge in [-0.25, -0.2) is 0 Å². The normalized spacial score (nSPS) is 30.2. The number of unbranched alkanes of at least 4 members (excludes halogenated alkanes) is 1. The number of hydrogen-bond donors (Lipinski definition) is 1. The lowest BCUT2D eigenvalue weighted by Gasteiger charge is -2.45. The summed E-state index contributed by atoms with van der Waals surface area (Å²) in [5, 5.41) is 11.9. The highest BCUT2D eigenvalue weighted by atomic mass is 28.4. The van der Waals surface area contributed by atoms with Crippen LogP contribution in [-0.4, -0.2) is 40.1 Å². The molecule has 0 aromatic heterocycles. The van der Waals surface area contributed by atoms with Crippen molar-refractivity contribution in [3.8, 4) is 0 Å². The van der Waals surface area contributed by atoms with Crippen LogP contribution in [0.5, 0.6) is 0 Å². The summed E-state index contributed by atoms with van der Waals surface area (Å²) in [4.78, 5) is 0. The minimum atomic E-state index is -2.00. The number of benzene rings is 1. The van der Waals surface area contributed by atoms with Crippen LogP contribution in [0.2, 0.25) is 36.3 Å². The first-order valence-corrected chi connectivity index (χ1v) is 27.7. The summed E-state index contributed by atoms with van der Waals surface area (Å²) >= 11 is 0. The highest BCUT2D eigenvalue weighted by Gasteiger charge is 2.52. The lowest BCUT2D eigenvalue weighted by Crippen LogP contribution is -2.49. The average molecular weight is 773 g/mol. The Balaban J connectivity index is 1.32. The Bertz CT molecular complexity index is 1560. The third kappa shape index (κ3) is 9.27. The van der Waals surface area contributed by atoms with Gasteiger partial charge in [0.15, 0.2) is 16.6 Å². The molecule has 0 spiro atoms. The minimum absolute atomic E-state index is 0.00890. The first kappa shape index (κ1) is 43.6. The van der Waals surface area contributed by atoms with Gasteiger partial charge in [-0.15, -0.1) is 0 Å². The van der Waals surface area contributed by atoms with E-state index in [2.05, 4.69) is 131 Å². The fourth-order valence-electron chi connectivity index (χ4n) is 9.75. The van der Waals surface area contributed by atoms with Crippen LogP contribution in [0.25, 0.3) is 0 Å². The van der Waals surface area contributed by atoms with Crippen molar-refractivity contribution in [2.45, 2.75) is 206 Å². The van der Waals surface area contributed by atoms with E-state index in [-0.39, 0.29) is 39.2 Å². The molecular formula is C49H80O3Si2. The van der Waals surface area contributed by atoms with Crippen molar-refractivity contribution in [3.05, 3.63) is 82.5 Å². The largest absolute Gasteiger partial charge is 0.413 e. The summed E-state index contributed by atoms with van der Waals surface area (Å²) in [6, 6.07) is 9.21. The second kappa shape index (κ2) is 16.4. The molecule has 4 saturated carbocycles.